The molecule has 0 spiro atoms. The van der Waals surface area contributed by atoms with E-state index >= 15 is 0 Å². The molecule has 7 heteroatoms. The molecule has 0 aromatic heterocycles. The topological polar surface area (TPSA) is 66.9 Å². The number of carbonyl (C=O) groups excluding carboxylic acids is 1. The lowest BCUT2D eigenvalue weighted by molar-refractivity contribution is -0.136. The predicted molar refractivity (Wildman–Crippen MR) is 97.2 cm³/mol. The van der Waals surface area contributed by atoms with E-state index in [1.54, 1.807) is 0 Å². The van der Waals surface area contributed by atoms with E-state index < -0.39 is 9.84 Å². The van der Waals surface area contributed by atoms with Gasteiger partial charge in [0, 0.05) is 25.2 Å². The Kier molecular flexibility index (Phi) is 6.39. The lowest BCUT2D eigenvalue weighted by Crippen LogP contribution is -2.50. The number of rotatable bonds is 6. The Bertz CT molecular complexity index is 553. The van der Waals surface area contributed by atoms with Crippen LogP contribution in [-0.2, 0) is 19.4 Å². The monoisotopic (exact) mass is 372 g/mol. The summed E-state index contributed by atoms with van der Waals surface area (Å²) in [7, 11) is -0.974. The van der Waals surface area contributed by atoms with E-state index in [2.05, 4.69) is 4.90 Å². The van der Waals surface area contributed by atoms with E-state index in [-0.39, 0.29) is 29.6 Å². The van der Waals surface area contributed by atoms with Crippen molar-refractivity contribution in [3.63, 3.8) is 0 Å². The minimum absolute atomic E-state index is 0.0608. The van der Waals surface area contributed by atoms with Crippen LogP contribution in [0.1, 0.15) is 51.4 Å². The second-order valence-electron chi connectivity index (χ2n) is 7.94. The second kappa shape index (κ2) is 8.35. The van der Waals surface area contributed by atoms with Gasteiger partial charge in [-0.25, -0.2) is 8.42 Å². The molecular formula is C18H32N2O4S. The Labute approximate surface area is 151 Å². The number of hydrogen-bond acceptors (Lipinski definition) is 5. The summed E-state index contributed by atoms with van der Waals surface area (Å²) in [4.78, 5) is 17.0. The first-order chi connectivity index (χ1) is 11.9. The fourth-order valence-corrected chi connectivity index (χ4v) is 6.17. The highest BCUT2D eigenvalue weighted by molar-refractivity contribution is 7.91. The van der Waals surface area contributed by atoms with Crippen molar-refractivity contribution in [2.75, 3.05) is 38.2 Å². The molecule has 3 fully saturated rings. The highest BCUT2D eigenvalue weighted by Gasteiger charge is 2.36. The summed E-state index contributed by atoms with van der Waals surface area (Å²) in [5.74, 6) is 0.370. The molecule has 1 amide bonds. The Balaban J connectivity index is 1.63. The molecule has 2 aliphatic heterocycles. The molecule has 0 aromatic rings. The zero-order valence-corrected chi connectivity index (χ0v) is 16.2. The zero-order chi connectivity index (χ0) is 17.9. The van der Waals surface area contributed by atoms with Gasteiger partial charge in [-0.15, -0.1) is 0 Å². The van der Waals surface area contributed by atoms with E-state index in [0.29, 0.717) is 25.6 Å². The number of amides is 1. The molecule has 25 heavy (non-hydrogen) atoms. The molecule has 2 heterocycles. The Morgan fingerprint density at radius 1 is 1.04 bits per heavy atom. The highest BCUT2D eigenvalue weighted by Crippen LogP contribution is 2.24. The first-order valence-electron chi connectivity index (χ1n) is 9.76. The summed E-state index contributed by atoms with van der Waals surface area (Å²) in [6.45, 7) is 1.67. The van der Waals surface area contributed by atoms with Gasteiger partial charge >= 0.3 is 0 Å². The summed E-state index contributed by atoms with van der Waals surface area (Å²) >= 11 is 0. The van der Waals surface area contributed by atoms with Gasteiger partial charge in [0.05, 0.1) is 24.2 Å². The smallest absolute Gasteiger partial charge is 0.237 e. The first-order valence-corrected chi connectivity index (χ1v) is 11.6. The van der Waals surface area contributed by atoms with Crippen LogP contribution in [0.3, 0.4) is 0 Å². The number of ether oxygens (including phenoxy) is 1. The summed E-state index contributed by atoms with van der Waals surface area (Å²) in [5.41, 5.74) is 0. The zero-order valence-electron chi connectivity index (χ0n) is 15.4. The second-order valence-corrected chi connectivity index (χ2v) is 10.2. The van der Waals surface area contributed by atoms with Gasteiger partial charge in [0.15, 0.2) is 9.84 Å². The molecule has 2 unspecified atom stereocenters. The summed E-state index contributed by atoms with van der Waals surface area (Å²) in [6.07, 6.45) is 8.71. The van der Waals surface area contributed by atoms with Crippen LogP contribution in [0, 0.1) is 0 Å². The molecule has 3 aliphatic rings. The van der Waals surface area contributed by atoms with Crippen LogP contribution < -0.4 is 0 Å². The average molecular weight is 373 g/mol. The molecule has 0 N–H and O–H groups in total. The van der Waals surface area contributed by atoms with Crippen LogP contribution in [-0.4, -0.2) is 80.6 Å². The quantitative estimate of drug-likeness (QED) is 0.706. The number of sulfone groups is 1. The number of hydrogen-bond donors (Lipinski definition) is 0. The van der Waals surface area contributed by atoms with Crippen LogP contribution in [0.25, 0.3) is 0 Å². The maximum atomic E-state index is 13.0. The van der Waals surface area contributed by atoms with Gasteiger partial charge in [-0.05, 0) is 39.2 Å². The highest BCUT2D eigenvalue weighted by atomic mass is 32.2. The van der Waals surface area contributed by atoms with Gasteiger partial charge in [0.25, 0.3) is 0 Å². The minimum Gasteiger partial charge on any atom is -0.376 e. The third kappa shape index (κ3) is 5.17. The van der Waals surface area contributed by atoms with Gasteiger partial charge in [0.2, 0.25) is 5.91 Å². The largest absolute Gasteiger partial charge is 0.376 e. The fourth-order valence-electron chi connectivity index (χ4n) is 4.44. The van der Waals surface area contributed by atoms with Crippen LogP contribution in [0.2, 0.25) is 0 Å². The van der Waals surface area contributed by atoms with Crippen molar-refractivity contribution in [3.05, 3.63) is 0 Å². The van der Waals surface area contributed by atoms with Crippen LogP contribution in [0.5, 0.6) is 0 Å². The van der Waals surface area contributed by atoms with Crippen molar-refractivity contribution in [3.8, 4) is 0 Å². The lowest BCUT2D eigenvalue weighted by atomic mass is 9.94. The molecule has 3 rings (SSSR count). The van der Waals surface area contributed by atoms with Crippen molar-refractivity contribution < 1.29 is 17.9 Å². The van der Waals surface area contributed by atoms with Gasteiger partial charge in [-0.1, -0.05) is 19.3 Å². The SMILES string of the molecule is CN(CC(=O)N(CC1CCCO1)C1CCS(=O)(=O)C1)C1CCCCC1. The Hall–Kier alpha value is -0.660. The molecular weight excluding hydrogens is 340 g/mol. The van der Waals surface area contributed by atoms with Gasteiger partial charge in [-0.3, -0.25) is 9.69 Å². The van der Waals surface area contributed by atoms with Crippen molar-refractivity contribution in [1.82, 2.24) is 9.80 Å². The minimum atomic E-state index is -3.00. The lowest BCUT2D eigenvalue weighted by Gasteiger charge is -2.35. The molecule has 1 aliphatic carbocycles. The van der Waals surface area contributed by atoms with E-state index in [4.69, 9.17) is 4.74 Å². The fraction of sp³-hybridized carbons (Fsp3) is 0.944. The third-order valence-electron chi connectivity index (χ3n) is 5.98. The molecule has 2 atom stereocenters. The maximum absolute atomic E-state index is 13.0. The summed E-state index contributed by atoms with van der Waals surface area (Å²) in [6, 6.07) is 0.302. The maximum Gasteiger partial charge on any atom is 0.237 e. The number of likely N-dealkylation sites (N-methyl/N-ethyl adjacent to an activating group) is 1. The Morgan fingerprint density at radius 3 is 2.40 bits per heavy atom. The average Bonchev–Trinajstić information content (AvgIpc) is 3.22. The van der Waals surface area contributed by atoms with Crippen LogP contribution in [0.4, 0.5) is 0 Å². The normalized spacial score (nSPS) is 30.0. The third-order valence-corrected chi connectivity index (χ3v) is 7.73. The summed E-state index contributed by atoms with van der Waals surface area (Å²) < 4.78 is 29.5. The first kappa shape index (κ1) is 19.1. The molecule has 0 radical (unpaired) electrons. The summed E-state index contributed by atoms with van der Waals surface area (Å²) in [5, 5.41) is 0. The number of nitrogens with zero attached hydrogens (tertiary/aromatic N) is 2. The van der Waals surface area contributed by atoms with Crippen molar-refractivity contribution >= 4 is 15.7 Å². The van der Waals surface area contributed by atoms with E-state index in [1.165, 1.54) is 19.3 Å². The van der Waals surface area contributed by atoms with E-state index in [1.807, 2.05) is 11.9 Å². The van der Waals surface area contributed by atoms with E-state index in [0.717, 1.165) is 32.3 Å². The number of carbonyl (C=O) groups is 1. The van der Waals surface area contributed by atoms with Gasteiger partial charge in [-0.2, -0.15) is 0 Å². The standard InChI is InChI=1S/C18H32N2O4S/c1-19(15-6-3-2-4-7-15)13-18(21)20(12-17-8-5-10-24-17)16-9-11-25(22,23)14-16/h15-17H,2-14H2,1H3. The molecule has 0 aromatic carbocycles. The van der Waals surface area contributed by atoms with Crippen LogP contribution in [0.15, 0.2) is 0 Å². The molecule has 2 saturated heterocycles. The Morgan fingerprint density at radius 2 is 1.80 bits per heavy atom. The van der Waals surface area contributed by atoms with Crippen molar-refractivity contribution in [2.24, 2.45) is 0 Å². The van der Waals surface area contributed by atoms with Gasteiger partial charge < -0.3 is 9.64 Å². The molecule has 144 valence electrons. The molecule has 0 bridgehead atoms. The van der Waals surface area contributed by atoms with E-state index in [9.17, 15) is 13.2 Å². The van der Waals surface area contributed by atoms with Crippen molar-refractivity contribution in [2.45, 2.75) is 69.6 Å². The predicted octanol–water partition coefficient (Wildman–Crippen LogP) is 1.45. The molecule has 1 saturated carbocycles. The molecule has 6 nitrogen and oxygen atoms in total. The van der Waals surface area contributed by atoms with Gasteiger partial charge in [0.1, 0.15) is 0 Å². The van der Waals surface area contributed by atoms with Crippen molar-refractivity contribution in [1.29, 1.82) is 0 Å². The van der Waals surface area contributed by atoms with Crippen LogP contribution >= 0.6 is 0 Å².